The third kappa shape index (κ3) is 6.77. The van der Waals surface area contributed by atoms with Crippen molar-refractivity contribution in [1.29, 1.82) is 0 Å². The first-order chi connectivity index (χ1) is 36.8. The van der Waals surface area contributed by atoms with Gasteiger partial charge in [-0.3, -0.25) is 0 Å². The topological polar surface area (TPSA) is 13.1 Å². The van der Waals surface area contributed by atoms with Crippen LogP contribution in [-0.2, 0) is 16.4 Å². The van der Waals surface area contributed by atoms with Crippen LogP contribution < -0.4 is 37.7 Å². The first-order valence-corrected chi connectivity index (χ1v) is 29.2. The number of fused-ring (bicyclic) bond motifs is 11. The Morgan fingerprint density at radius 2 is 0.870 bits per heavy atom. The van der Waals surface area contributed by atoms with Crippen LogP contribution in [0.5, 0.6) is 0 Å². The highest BCUT2D eigenvalue weighted by Gasteiger charge is 2.53. The lowest BCUT2D eigenvalue weighted by atomic mass is 9.29. The van der Waals surface area contributed by atoms with Crippen molar-refractivity contribution in [3.8, 4) is 5.69 Å². The smallest absolute Gasteiger partial charge is 0.247 e. The zero-order valence-electron chi connectivity index (χ0n) is 47.7. The maximum atomic E-state index is 2.97. The maximum Gasteiger partial charge on any atom is 0.247 e. The molecule has 5 heteroatoms. The van der Waals surface area contributed by atoms with Gasteiger partial charge in [-0.25, -0.2) is 0 Å². The van der Waals surface area contributed by atoms with Crippen LogP contribution in [-0.4, -0.2) is 22.6 Å². The van der Waals surface area contributed by atoms with Crippen molar-refractivity contribution < 1.29 is 0 Å². The average molecular weight is 1000 g/mol. The molecule has 4 heterocycles. The second-order valence-electron chi connectivity index (χ2n) is 27.6. The number of aromatic nitrogens is 2. The minimum atomic E-state index is -0.0409. The van der Waals surface area contributed by atoms with E-state index in [1.54, 1.807) is 0 Å². The highest BCUT2D eigenvalue weighted by molar-refractivity contribution is 7.02. The number of nitrogens with zero attached hydrogens (tertiary/aromatic N) is 3. The normalized spacial score (nSPS) is 20.5. The van der Waals surface area contributed by atoms with Gasteiger partial charge in [-0.1, -0.05) is 183 Å². The molecule has 16 rings (SSSR count). The second-order valence-corrected chi connectivity index (χ2v) is 27.6. The Morgan fingerprint density at radius 3 is 1.34 bits per heavy atom. The third-order valence-corrected chi connectivity index (χ3v) is 20.2. The van der Waals surface area contributed by atoms with E-state index in [0.717, 1.165) is 17.8 Å². The first-order valence-electron chi connectivity index (χ1n) is 29.2. The monoisotopic (exact) mass is 1000 g/mol. The number of anilines is 3. The molecule has 382 valence electrons. The van der Waals surface area contributed by atoms with Crippen LogP contribution in [0.4, 0.5) is 17.1 Å². The third-order valence-electron chi connectivity index (χ3n) is 20.2. The van der Waals surface area contributed by atoms with E-state index in [0.29, 0.717) is 0 Å². The van der Waals surface area contributed by atoms with Gasteiger partial charge < -0.3 is 14.0 Å². The molecule has 0 unspecified atom stereocenters. The van der Waals surface area contributed by atoms with E-state index in [1.807, 2.05) is 0 Å². The maximum absolute atomic E-state index is 2.97. The molecule has 0 atom stereocenters. The number of benzene rings is 8. The van der Waals surface area contributed by atoms with E-state index in [2.05, 4.69) is 231 Å². The van der Waals surface area contributed by atoms with Crippen LogP contribution in [0.1, 0.15) is 125 Å². The lowest BCUT2D eigenvalue weighted by molar-refractivity contribution is -0.0386. The average Bonchev–Trinajstić information content (AvgIpc) is 4.05. The van der Waals surface area contributed by atoms with Crippen molar-refractivity contribution in [2.45, 2.75) is 138 Å². The van der Waals surface area contributed by atoms with Crippen LogP contribution in [0, 0.1) is 59.3 Å². The molecule has 0 amide bonds. The predicted molar refractivity (Wildman–Crippen MR) is 333 cm³/mol. The van der Waals surface area contributed by atoms with Crippen LogP contribution in [0.15, 0.2) is 133 Å². The standard InChI is InChI=1S/C72H73B2N3/c1-41-27-43(3)65(44(4)28-41)73-57-34-50(70(7,8)9)21-25-63(57)76-64-26-22-51(71(10,11)12)35-58(64)74(66-45(5)29-42(2)30-46(66)6)60-37-52(36-59(73)69(60)76)75-61-19-15-13-17-53(61)55-23-24-56-54-18-14-16-20-62(54)77(68(56)67(55)75)72-38-47-31-48(39-72)33-49(32-47)40-72/h13-30,34-37,47-49H,31-33,38-40H2,1-12H3. The second kappa shape index (κ2) is 16.2. The molecule has 77 heavy (non-hydrogen) atoms. The van der Waals surface area contributed by atoms with Crippen LogP contribution >= 0.6 is 0 Å². The number of aryl methyl sites for hydroxylation is 6. The Balaban J connectivity index is 1.14. The summed E-state index contributed by atoms with van der Waals surface area (Å²) >= 11 is 0. The Labute approximate surface area is 457 Å². The van der Waals surface area contributed by atoms with E-state index in [9.17, 15) is 0 Å². The Hall–Kier alpha value is -6.71. The van der Waals surface area contributed by atoms with E-state index in [1.165, 1.54) is 182 Å². The van der Waals surface area contributed by atoms with Gasteiger partial charge in [0.2, 0.25) is 13.4 Å². The molecule has 4 saturated carbocycles. The molecular formula is C72H73B2N3. The SMILES string of the molecule is Cc1cc(C)c(B2c3cc(C(C)(C)C)ccc3N3c4ccc(C(C)(C)C)cc4B(c4c(C)cc(C)cc4C)c4cc(-n5c6ccccc6c6ccc7c8ccccc8n(C89CC%10CC(CC(C%10)C8)C9)c7c65)cc2c43)c(C)c1. The lowest BCUT2D eigenvalue weighted by Crippen LogP contribution is -2.66. The van der Waals surface area contributed by atoms with Gasteiger partial charge in [0.1, 0.15) is 0 Å². The van der Waals surface area contributed by atoms with Gasteiger partial charge in [0.25, 0.3) is 0 Å². The molecule has 8 aromatic carbocycles. The summed E-state index contributed by atoms with van der Waals surface area (Å²) in [6.45, 7) is 28.3. The van der Waals surface area contributed by atoms with Crippen molar-refractivity contribution in [3.63, 3.8) is 0 Å². The van der Waals surface area contributed by atoms with Gasteiger partial charge in [-0.15, -0.1) is 0 Å². The van der Waals surface area contributed by atoms with Gasteiger partial charge in [0.05, 0.1) is 16.6 Å². The van der Waals surface area contributed by atoms with Crippen molar-refractivity contribution in [2.75, 3.05) is 4.90 Å². The summed E-state index contributed by atoms with van der Waals surface area (Å²) in [7, 11) is 0. The largest absolute Gasteiger partial charge is 0.332 e. The van der Waals surface area contributed by atoms with Crippen LogP contribution in [0.3, 0.4) is 0 Å². The van der Waals surface area contributed by atoms with Gasteiger partial charge in [-0.2, -0.15) is 0 Å². The summed E-state index contributed by atoms with van der Waals surface area (Å²) in [4.78, 5) is 2.72. The van der Waals surface area contributed by atoms with E-state index in [4.69, 9.17) is 0 Å². The fraction of sp³-hybridized carbons (Fsp3) is 0.333. The molecule has 4 aliphatic carbocycles. The molecular weight excluding hydrogens is 928 g/mol. The summed E-state index contributed by atoms with van der Waals surface area (Å²) in [5.41, 5.74) is 29.9. The summed E-state index contributed by atoms with van der Waals surface area (Å²) in [5.74, 6) is 2.46. The predicted octanol–water partition coefficient (Wildman–Crippen LogP) is 14.4. The van der Waals surface area contributed by atoms with E-state index < -0.39 is 0 Å². The molecule has 2 aromatic heterocycles. The molecule has 4 bridgehead atoms. The summed E-state index contributed by atoms with van der Waals surface area (Å²) in [5, 5.41) is 5.45. The number of hydrogen-bond donors (Lipinski definition) is 0. The van der Waals surface area contributed by atoms with Crippen LogP contribution in [0.2, 0.25) is 0 Å². The Morgan fingerprint density at radius 1 is 0.442 bits per heavy atom. The van der Waals surface area contributed by atoms with Crippen molar-refractivity contribution in [3.05, 3.63) is 178 Å². The molecule has 0 N–H and O–H groups in total. The van der Waals surface area contributed by atoms with E-state index >= 15 is 0 Å². The fourth-order valence-corrected chi connectivity index (χ4v) is 17.6. The minimum absolute atomic E-state index is 0.0132. The number of hydrogen-bond acceptors (Lipinski definition) is 1. The quantitative estimate of drug-likeness (QED) is 0.160. The highest BCUT2D eigenvalue weighted by atomic mass is 15.2. The minimum Gasteiger partial charge on any atom is -0.332 e. The van der Waals surface area contributed by atoms with Gasteiger partial charge in [-0.05, 0) is 178 Å². The fourth-order valence-electron chi connectivity index (χ4n) is 17.6. The molecule has 0 radical (unpaired) electrons. The zero-order chi connectivity index (χ0) is 52.9. The Kier molecular flexibility index (Phi) is 9.99. The summed E-state index contributed by atoms with van der Waals surface area (Å²) in [6, 6.07) is 54.0. The summed E-state index contributed by atoms with van der Waals surface area (Å²) < 4.78 is 5.74. The van der Waals surface area contributed by atoms with Gasteiger partial charge >= 0.3 is 0 Å². The van der Waals surface area contributed by atoms with Crippen molar-refractivity contribution >= 4 is 107 Å². The van der Waals surface area contributed by atoms with Crippen molar-refractivity contribution in [2.24, 2.45) is 17.8 Å². The molecule has 2 aliphatic heterocycles. The molecule has 10 aromatic rings. The highest BCUT2D eigenvalue weighted by Crippen LogP contribution is 2.61. The van der Waals surface area contributed by atoms with Gasteiger partial charge in [0.15, 0.2) is 0 Å². The first kappa shape index (κ1) is 47.5. The molecule has 0 saturated heterocycles. The zero-order valence-corrected chi connectivity index (χ0v) is 47.7. The number of rotatable bonds is 4. The summed E-state index contributed by atoms with van der Waals surface area (Å²) in [6.07, 6.45) is 8.14. The van der Waals surface area contributed by atoms with Crippen LogP contribution in [0.25, 0.3) is 49.3 Å². The lowest BCUT2D eigenvalue weighted by Gasteiger charge is -2.57. The molecule has 3 nitrogen and oxygen atoms in total. The number of para-hydroxylation sites is 2. The van der Waals surface area contributed by atoms with Crippen molar-refractivity contribution in [1.82, 2.24) is 9.13 Å². The molecule has 6 aliphatic rings. The Bertz CT molecular complexity index is 3970. The molecule has 0 spiro atoms. The van der Waals surface area contributed by atoms with Gasteiger partial charge in [0, 0.05) is 55.4 Å². The molecule has 4 fully saturated rings. The van der Waals surface area contributed by atoms with E-state index in [-0.39, 0.29) is 29.8 Å².